The van der Waals surface area contributed by atoms with E-state index in [1.165, 1.54) is 16.0 Å². The highest BCUT2D eigenvalue weighted by molar-refractivity contribution is 7.99. The molecule has 0 radical (unpaired) electrons. The minimum atomic E-state index is -0.286. The fourth-order valence-electron chi connectivity index (χ4n) is 0.963. The first kappa shape index (κ1) is 11.2. The van der Waals surface area contributed by atoms with E-state index in [1.807, 2.05) is 0 Å². The summed E-state index contributed by atoms with van der Waals surface area (Å²) in [5.41, 5.74) is 2.63. The Labute approximate surface area is 93.6 Å². The van der Waals surface area contributed by atoms with Crippen LogP contribution in [-0.4, -0.2) is 10.6 Å². The zero-order chi connectivity index (χ0) is 9.84. The van der Waals surface area contributed by atoms with Crippen LogP contribution in [0.2, 0.25) is 0 Å². The molecule has 0 saturated heterocycles. The van der Waals surface area contributed by atoms with Crippen molar-refractivity contribution >= 4 is 35.0 Å². The maximum absolute atomic E-state index is 5.64. The van der Waals surface area contributed by atoms with Crippen molar-refractivity contribution in [3.05, 3.63) is 29.3 Å². The minimum Gasteiger partial charge on any atom is -0.123 e. The summed E-state index contributed by atoms with van der Waals surface area (Å²) in [5, 5.41) is 0. The van der Waals surface area contributed by atoms with E-state index in [2.05, 4.69) is 32.0 Å². The smallest absolute Gasteiger partial charge is 0.117 e. The molecular formula is C10H12Cl2S. The molecule has 13 heavy (non-hydrogen) atoms. The zero-order valence-electron chi connectivity index (χ0n) is 7.68. The van der Waals surface area contributed by atoms with Gasteiger partial charge >= 0.3 is 0 Å². The van der Waals surface area contributed by atoms with E-state index in [9.17, 15) is 0 Å². The third kappa shape index (κ3) is 3.80. The summed E-state index contributed by atoms with van der Waals surface area (Å²) in [5.74, 6) is 0.742. The van der Waals surface area contributed by atoms with Gasteiger partial charge in [-0.1, -0.05) is 6.07 Å². The average molecular weight is 235 g/mol. The van der Waals surface area contributed by atoms with Gasteiger partial charge in [0.05, 0.1) is 0 Å². The van der Waals surface area contributed by atoms with Gasteiger partial charge in [0, 0.05) is 10.6 Å². The van der Waals surface area contributed by atoms with Crippen LogP contribution in [0.5, 0.6) is 0 Å². The Morgan fingerprint density at radius 3 is 2.46 bits per heavy atom. The van der Waals surface area contributed by atoms with Crippen molar-refractivity contribution in [3.63, 3.8) is 0 Å². The standard InChI is InChI=1S/C10H12Cl2S/c1-7-3-4-9(5-8(7)2)13-6-10(11)12/h3-5,10H,6H2,1-2H3. The van der Waals surface area contributed by atoms with Crippen molar-refractivity contribution in [2.24, 2.45) is 0 Å². The number of halogens is 2. The molecule has 0 nitrogen and oxygen atoms in total. The van der Waals surface area contributed by atoms with E-state index in [1.54, 1.807) is 11.8 Å². The van der Waals surface area contributed by atoms with Gasteiger partial charge in [0.2, 0.25) is 0 Å². The first-order valence-electron chi connectivity index (χ1n) is 4.08. The summed E-state index contributed by atoms with van der Waals surface area (Å²) in [6, 6.07) is 6.38. The van der Waals surface area contributed by atoms with Gasteiger partial charge in [-0.15, -0.1) is 35.0 Å². The molecule has 0 fully saturated rings. The normalized spacial score (nSPS) is 10.8. The van der Waals surface area contributed by atoms with Crippen LogP contribution < -0.4 is 0 Å². The molecule has 1 aromatic rings. The molecule has 0 atom stereocenters. The Balaban J connectivity index is 2.63. The Hall–Kier alpha value is 0.150. The highest BCUT2D eigenvalue weighted by atomic mass is 35.5. The molecule has 1 rings (SSSR count). The fraction of sp³-hybridized carbons (Fsp3) is 0.400. The van der Waals surface area contributed by atoms with Crippen molar-refractivity contribution < 1.29 is 0 Å². The summed E-state index contributed by atoms with van der Waals surface area (Å²) in [7, 11) is 0. The quantitative estimate of drug-likeness (QED) is 0.559. The molecule has 0 N–H and O–H groups in total. The third-order valence-corrected chi connectivity index (χ3v) is 3.62. The van der Waals surface area contributed by atoms with Crippen LogP contribution in [0.1, 0.15) is 11.1 Å². The van der Waals surface area contributed by atoms with Gasteiger partial charge in [-0.25, -0.2) is 0 Å². The van der Waals surface area contributed by atoms with E-state index in [-0.39, 0.29) is 4.84 Å². The second kappa shape index (κ2) is 5.14. The molecule has 0 heterocycles. The Morgan fingerprint density at radius 2 is 1.92 bits per heavy atom. The number of aryl methyl sites for hydroxylation is 2. The maximum Gasteiger partial charge on any atom is 0.117 e. The van der Waals surface area contributed by atoms with Gasteiger partial charge in [0.15, 0.2) is 0 Å². The van der Waals surface area contributed by atoms with Crippen LogP contribution in [0.3, 0.4) is 0 Å². The number of benzene rings is 1. The molecule has 0 spiro atoms. The zero-order valence-corrected chi connectivity index (χ0v) is 10.0. The maximum atomic E-state index is 5.64. The fourth-order valence-corrected chi connectivity index (χ4v) is 2.08. The summed E-state index contributed by atoms with van der Waals surface area (Å²) in [4.78, 5) is 0.945. The lowest BCUT2D eigenvalue weighted by atomic mass is 10.1. The van der Waals surface area contributed by atoms with E-state index in [4.69, 9.17) is 23.2 Å². The van der Waals surface area contributed by atoms with Gasteiger partial charge in [-0.3, -0.25) is 0 Å². The largest absolute Gasteiger partial charge is 0.123 e. The van der Waals surface area contributed by atoms with E-state index in [0.29, 0.717) is 0 Å². The highest BCUT2D eigenvalue weighted by Crippen LogP contribution is 2.23. The Bertz CT molecular complexity index is 284. The summed E-state index contributed by atoms with van der Waals surface area (Å²) < 4.78 is 0. The molecule has 0 unspecified atom stereocenters. The SMILES string of the molecule is Cc1ccc(SCC(Cl)Cl)cc1C. The topological polar surface area (TPSA) is 0 Å². The number of rotatable bonds is 3. The number of hydrogen-bond acceptors (Lipinski definition) is 1. The lowest BCUT2D eigenvalue weighted by Gasteiger charge is -2.04. The van der Waals surface area contributed by atoms with Crippen LogP contribution in [0.15, 0.2) is 23.1 Å². The first-order chi connectivity index (χ1) is 6.09. The van der Waals surface area contributed by atoms with E-state index >= 15 is 0 Å². The van der Waals surface area contributed by atoms with Crippen LogP contribution in [0.25, 0.3) is 0 Å². The van der Waals surface area contributed by atoms with E-state index < -0.39 is 0 Å². The number of hydrogen-bond donors (Lipinski definition) is 0. The molecule has 0 saturated carbocycles. The first-order valence-corrected chi connectivity index (χ1v) is 5.93. The summed E-state index contributed by atoms with van der Waals surface area (Å²) in [6.07, 6.45) is 0. The van der Waals surface area contributed by atoms with Gasteiger partial charge in [-0.05, 0) is 37.1 Å². The summed E-state index contributed by atoms with van der Waals surface area (Å²) >= 11 is 13.0. The number of thioether (sulfide) groups is 1. The number of alkyl halides is 2. The van der Waals surface area contributed by atoms with Crippen molar-refractivity contribution in [2.75, 3.05) is 5.75 Å². The second-order valence-electron chi connectivity index (χ2n) is 2.95. The van der Waals surface area contributed by atoms with Crippen LogP contribution in [-0.2, 0) is 0 Å². The summed E-state index contributed by atoms with van der Waals surface area (Å²) in [6.45, 7) is 4.22. The van der Waals surface area contributed by atoms with Crippen molar-refractivity contribution in [2.45, 2.75) is 23.6 Å². The molecule has 0 aliphatic rings. The molecule has 1 aromatic carbocycles. The molecule has 0 aliphatic carbocycles. The lowest BCUT2D eigenvalue weighted by molar-refractivity contribution is 1.27. The molecular weight excluding hydrogens is 223 g/mol. The van der Waals surface area contributed by atoms with Crippen LogP contribution in [0, 0.1) is 13.8 Å². The average Bonchev–Trinajstić information content (AvgIpc) is 2.07. The van der Waals surface area contributed by atoms with Gasteiger partial charge in [-0.2, -0.15) is 0 Å². The molecule has 3 heteroatoms. The molecule has 0 amide bonds. The second-order valence-corrected chi connectivity index (χ2v) is 5.32. The monoisotopic (exact) mass is 234 g/mol. The molecule has 0 aliphatic heterocycles. The van der Waals surface area contributed by atoms with Gasteiger partial charge < -0.3 is 0 Å². The minimum absolute atomic E-state index is 0.286. The van der Waals surface area contributed by atoms with Crippen molar-refractivity contribution in [3.8, 4) is 0 Å². The van der Waals surface area contributed by atoms with Crippen molar-refractivity contribution in [1.29, 1.82) is 0 Å². The van der Waals surface area contributed by atoms with E-state index in [0.717, 1.165) is 5.75 Å². The predicted molar refractivity (Wildman–Crippen MR) is 62.1 cm³/mol. The van der Waals surface area contributed by atoms with Gasteiger partial charge in [0.25, 0.3) is 0 Å². The highest BCUT2D eigenvalue weighted by Gasteiger charge is 2.01. The predicted octanol–water partition coefficient (Wildman–Crippen LogP) is 4.20. The van der Waals surface area contributed by atoms with Crippen molar-refractivity contribution in [1.82, 2.24) is 0 Å². The lowest BCUT2D eigenvalue weighted by Crippen LogP contribution is -1.90. The molecule has 0 aromatic heterocycles. The van der Waals surface area contributed by atoms with Crippen LogP contribution in [0.4, 0.5) is 0 Å². The molecule has 72 valence electrons. The Morgan fingerprint density at radius 1 is 1.23 bits per heavy atom. The molecule has 0 bridgehead atoms. The Kier molecular flexibility index (Phi) is 4.43. The van der Waals surface area contributed by atoms with Gasteiger partial charge in [0.1, 0.15) is 4.84 Å². The van der Waals surface area contributed by atoms with Crippen LogP contribution >= 0.6 is 35.0 Å². The third-order valence-electron chi connectivity index (χ3n) is 1.85.